The maximum absolute atomic E-state index is 11.3. The van der Waals surface area contributed by atoms with E-state index in [1.807, 2.05) is 47.0 Å². The van der Waals surface area contributed by atoms with Gasteiger partial charge in [0.15, 0.2) is 5.65 Å². The number of aromatic carboxylic acids is 1. The smallest absolute Gasteiger partial charge is 0.339 e. The van der Waals surface area contributed by atoms with Crippen molar-refractivity contribution in [3.8, 4) is 16.9 Å². The Bertz CT molecular complexity index is 1090. The van der Waals surface area contributed by atoms with Crippen molar-refractivity contribution >= 4 is 11.6 Å². The van der Waals surface area contributed by atoms with Gasteiger partial charge in [0.25, 0.3) is 0 Å². The number of fused-ring (bicyclic) bond motifs is 1. The number of ether oxygens (including phenoxy) is 1. The van der Waals surface area contributed by atoms with Gasteiger partial charge in [-0.3, -0.25) is 4.40 Å². The van der Waals surface area contributed by atoms with Crippen LogP contribution in [0.5, 0.6) is 5.75 Å². The van der Waals surface area contributed by atoms with E-state index in [2.05, 4.69) is 10.2 Å². The van der Waals surface area contributed by atoms with Crippen LogP contribution < -0.4 is 4.74 Å². The van der Waals surface area contributed by atoms with Crippen molar-refractivity contribution in [3.63, 3.8) is 0 Å². The zero-order valence-corrected chi connectivity index (χ0v) is 13.7. The summed E-state index contributed by atoms with van der Waals surface area (Å²) in [5, 5.41) is 17.2. The van der Waals surface area contributed by atoms with Crippen LogP contribution in [0.1, 0.15) is 15.9 Å². The van der Waals surface area contributed by atoms with Gasteiger partial charge in [-0.15, -0.1) is 10.2 Å². The molecule has 0 aliphatic rings. The number of benzene rings is 2. The number of carboxylic acids is 1. The van der Waals surface area contributed by atoms with Crippen LogP contribution in [0, 0.1) is 0 Å². The molecule has 0 bridgehead atoms. The average molecular weight is 345 g/mol. The van der Waals surface area contributed by atoms with Gasteiger partial charge in [0.05, 0.1) is 0 Å². The first-order valence-electron chi connectivity index (χ1n) is 8.05. The number of aromatic nitrogens is 3. The first kappa shape index (κ1) is 15.8. The Morgan fingerprint density at radius 1 is 1.04 bits per heavy atom. The molecule has 26 heavy (non-hydrogen) atoms. The van der Waals surface area contributed by atoms with Gasteiger partial charge in [-0.05, 0) is 41.0 Å². The van der Waals surface area contributed by atoms with Gasteiger partial charge in [0.2, 0.25) is 0 Å². The molecule has 0 saturated carbocycles. The average Bonchev–Trinajstić information content (AvgIpc) is 3.14. The third-order valence-electron chi connectivity index (χ3n) is 4.12. The molecule has 6 nitrogen and oxygen atoms in total. The molecule has 0 radical (unpaired) electrons. The van der Waals surface area contributed by atoms with Crippen LogP contribution in [0.15, 0.2) is 73.2 Å². The van der Waals surface area contributed by atoms with E-state index in [0.29, 0.717) is 5.75 Å². The highest BCUT2D eigenvalue weighted by molar-refractivity contribution is 5.90. The lowest BCUT2D eigenvalue weighted by Gasteiger charge is -2.13. The van der Waals surface area contributed by atoms with Gasteiger partial charge in [0.1, 0.15) is 24.2 Å². The number of hydrogen-bond donors (Lipinski definition) is 1. The fourth-order valence-corrected chi connectivity index (χ4v) is 2.84. The Morgan fingerprint density at radius 3 is 2.73 bits per heavy atom. The molecule has 0 amide bonds. The summed E-state index contributed by atoms with van der Waals surface area (Å²) >= 11 is 0. The zero-order chi connectivity index (χ0) is 17.9. The third kappa shape index (κ3) is 3.00. The Hall–Kier alpha value is -3.67. The molecule has 128 valence electrons. The number of hydrogen-bond acceptors (Lipinski definition) is 4. The van der Waals surface area contributed by atoms with Crippen LogP contribution >= 0.6 is 0 Å². The number of rotatable bonds is 5. The summed E-state index contributed by atoms with van der Waals surface area (Å²) in [6.07, 6.45) is 3.61. The largest absolute Gasteiger partial charge is 0.488 e. The van der Waals surface area contributed by atoms with Crippen LogP contribution in [0.3, 0.4) is 0 Å². The minimum absolute atomic E-state index is 0.149. The highest BCUT2D eigenvalue weighted by Crippen LogP contribution is 2.26. The topological polar surface area (TPSA) is 76.7 Å². The molecular weight excluding hydrogens is 330 g/mol. The molecule has 2 aromatic carbocycles. The van der Waals surface area contributed by atoms with Gasteiger partial charge in [0, 0.05) is 6.20 Å². The van der Waals surface area contributed by atoms with Gasteiger partial charge < -0.3 is 9.84 Å². The van der Waals surface area contributed by atoms with Crippen LogP contribution in [0.2, 0.25) is 0 Å². The first-order chi connectivity index (χ1) is 12.7. The summed E-state index contributed by atoms with van der Waals surface area (Å²) in [6, 6.07) is 18.4. The van der Waals surface area contributed by atoms with Crippen LogP contribution in [-0.4, -0.2) is 25.7 Å². The van der Waals surface area contributed by atoms with Crippen molar-refractivity contribution in [2.45, 2.75) is 6.61 Å². The predicted octanol–water partition coefficient (Wildman–Crippen LogP) is 3.67. The summed E-state index contributed by atoms with van der Waals surface area (Å²) in [5.41, 5.74) is 3.90. The van der Waals surface area contributed by atoms with E-state index in [1.165, 1.54) is 6.07 Å². The SMILES string of the molecule is O=C(O)c1ccccc1OCc1ccccc1-c1ccc2nncn2c1. The lowest BCUT2D eigenvalue weighted by atomic mass is 10.0. The molecule has 2 heterocycles. The normalized spacial score (nSPS) is 10.8. The van der Waals surface area contributed by atoms with Crippen LogP contribution in [0.4, 0.5) is 0 Å². The second kappa shape index (κ2) is 6.68. The Labute approximate surface area is 149 Å². The zero-order valence-electron chi connectivity index (χ0n) is 13.7. The molecule has 0 aliphatic carbocycles. The molecule has 0 saturated heterocycles. The second-order valence-corrected chi connectivity index (χ2v) is 5.76. The lowest BCUT2D eigenvalue weighted by molar-refractivity contribution is 0.0692. The van der Waals surface area contributed by atoms with Crippen molar-refractivity contribution in [2.24, 2.45) is 0 Å². The summed E-state index contributed by atoms with van der Waals surface area (Å²) < 4.78 is 7.66. The Morgan fingerprint density at radius 2 is 1.85 bits per heavy atom. The standard InChI is InChI=1S/C20H15N3O3/c24-20(25)17-7-3-4-8-18(17)26-12-15-5-1-2-6-16(15)14-9-10-19-22-21-13-23(19)11-14/h1-11,13H,12H2,(H,24,25). The molecule has 0 fully saturated rings. The van der Waals surface area contributed by atoms with Gasteiger partial charge in [-0.25, -0.2) is 4.79 Å². The maximum atomic E-state index is 11.3. The number of para-hydroxylation sites is 1. The monoisotopic (exact) mass is 345 g/mol. The van der Waals surface area contributed by atoms with Crippen molar-refractivity contribution in [2.75, 3.05) is 0 Å². The summed E-state index contributed by atoms with van der Waals surface area (Å²) in [6.45, 7) is 0.265. The second-order valence-electron chi connectivity index (χ2n) is 5.76. The van der Waals surface area contributed by atoms with Crippen molar-refractivity contribution in [1.29, 1.82) is 0 Å². The van der Waals surface area contributed by atoms with Gasteiger partial charge in [-0.1, -0.05) is 36.4 Å². The summed E-state index contributed by atoms with van der Waals surface area (Å²) in [7, 11) is 0. The molecule has 2 aromatic heterocycles. The summed E-state index contributed by atoms with van der Waals surface area (Å²) in [4.78, 5) is 11.3. The Kier molecular flexibility index (Phi) is 4.07. The lowest BCUT2D eigenvalue weighted by Crippen LogP contribution is -2.04. The Balaban J connectivity index is 1.65. The third-order valence-corrected chi connectivity index (χ3v) is 4.12. The molecular formula is C20H15N3O3. The molecule has 4 aromatic rings. The molecule has 0 spiro atoms. The van der Waals surface area contributed by atoms with E-state index in [-0.39, 0.29) is 12.2 Å². The number of nitrogens with zero attached hydrogens (tertiary/aromatic N) is 3. The van der Waals surface area contributed by atoms with E-state index >= 15 is 0 Å². The van der Waals surface area contributed by atoms with Crippen molar-refractivity contribution in [1.82, 2.24) is 14.6 Å². The minimum Gasteiger partial charge on any atom is -0.488 e. The van der Waals surface area contributed by atoms with Crippen LogP contribution in [0.25, 0.3) is 16.8 Å². The number of carboxylic acid groups (broad SMARTS) is 1. The first-order valence-corrected chi connectivity index (χ1v) is 8.05. The predicted molar refractivity (Wildman–Crippen MR) is 96.2 cm³/mol. The maximum Gasteiger partial charge on any atom is 0.339 e. The molecule has 0 unspecified atom stereocenters. The van der Waals surface area contributed by atoms with Gasteiger partial charge in [-0.2, -0.15) is 0 Å². The number of pyridine rings is 1. The highest BCUT2D eigenvalue weighted by Gasteiger charge is 2.12. The van der Waals surface area contributed by atoms with Crippen molar-refractivity contribution < 1.29 is 14.6 Å². The van der Waals surface area contributed by atoms with E-state index in [1.54, 1.807) is 24.5 Å². The quantitative estimate of drug-likeness (QED) is 0.597. The highest BCUT2D eigenvalue weighted by atomic mass is 16.5. The van der Waals surface area contributed by atoms with E-state index in [0.717, 1.165) is 22.3 Å². The minimum atomic E-state index is -1.01. The van der Waals surface area contributed by atoms with Gasteiger partial charge >= 0.3 is 5.97 Å². The fraction of sp³-hybridized carbons (Fsp3) is 0.0500. The molecule has 0 aliphatic heterocycles. The fourth-order valence-electron chi connectivity index (χ4n) is 2.84. The van der Waals surface area contributed by atoms with E-state index < -0.39 is 5.97 Å². The van der Waals surface area contributed by atoms with Crippen LogP contribution in [-0.2, 0) is 6.61 Å². The molecule has 1 N–H and O–H groups in total. The van der Waals surface area contributed by atoms with E-state index in [9.17, 15) is 9.90 Å². The molecule has 4 rings (SSSR count). The molecule has 0 atom stereocenters. The molecule has 6 heteroatoms. The summed E-state index contributed by atoms with van der Waals surface area (Å²) in [5.74, 6) is -0.656. The van der Waals surface area contributed by atoms with E-state index in [4.69, 9.17) is 4.74 Å². The van der Waals surface area contributed by atoms with Crippen molar-refractivity contribution in [3.05, 3.63) is 84.3 Å². The number of carbonyl (C=O) groups is 1.